The van der Waals surface area contributed by atoms with Crippen molar-refractivity contribution in [1.29, 1.82) is 0 Å². The molecule has 1 aromatic heterocycles. The number of thiophene rings is 1. The number of benzene rings is 1. The molecule has 8 heteroatoms. The zero-order chi connectivity index (χ0) is 20.5. The minimum Gasteiger partial charge on any atom is -0.381 e. The fourth-order valence-corrected chi connectivity index (χ4v) is 5.03. The van der Waals surface area contributed by atoms with Gasteiger partial charge in [-0.15, -0.1) is 11.3 Å². The van der Waals surface area contributed by atoms with Crippen LogP contribution in [-0.4, -0.2) is 42.4 Å². The van der Waals surface area contributed by atoms with Gasteiger partial charge in [-0.05, 0) is 50.5 Å². The summed E-state index contributed by atoms with van der Waals surface area (Å²) in [6.07, 6.45) is 3.85. The second kappa shape index (κ2) is 7.87. The van der Waals surface area contributed by atoms with Gasteiger partial charge in [-0.25, -0.2) is 0 Å². The standard InChI is InChI=1S/C21H24N4O3S/c1-3-17(26)24-14-5-4-6-15(14)25-20(27)12-7-8-16-13(9-12)18-19(29-16)21(28)23-11(2)10-22-18/h3,7-9,11,14-15,22H,1,4-6,10H2,2H3,(H,23,28)(H,24,26)(H,25,27)/t11-,14+,15-/m1/s1. The van der Waals surface area contributed by atoms with Gasteiger partial charge in [-0.1, -0.05) is 6.58 Å². The molecule has 1 saturated carbocycles. The number of nitrogens with one attached hydrogen (secondary N) is 4. The summed E-state index contributed by atoms with van der Waals surface area (Å²) in [4.78, 5) is 37.6. The van der Waals surface area contributed by atoms with Crippen LogP contribution in [0.2, 0.25) is 0 Å². The fraction of sp³-hybridized carbons (Fsp3) is 0.381. The summed E-state index contributed by atoms with van der Waals surface area (Å²) in [6.45, 7) is 6.06. The molecule has 7 nitrogen and oxygen atoms in total. The van der Waals surface area contributed by atoms with E-state index in [1.807, 2.05) is 19.1 Å². The smallest absolute Gasteiger partial charge is 0.263 e. The van der Waals surface area contributed by atoms with Crippen molar-refractivity contribution in [3.8, 4) is 0 Å². The number of amides is 3. The Bertz CT molecular complexity index is 999. The quantitative estimate of drug-likeness (QED) is 0.580. The molecule has 152 valence electrons. The first-order valence-corrected chi connectivity index (χ1v) is 10.6. The maximum atomic E-state index is 12.9. The third-order valence-electron chi connectivity index (χ3n) is 5.46. The van der Waals surface area contributed by atoms with Crippen molar-refractivity contribution in [3.63, 3.8) is 0 Å². The van der Waals surface area contributed by atoms with Gasteiger partial charge in [0.1, 0.15) is 4.88 Å². The summed E-state index contributed by atoms with van der Waals surface area (Å²) in [5.41, 5.74) is 1.33. The summed E-state index contributed by atoms with van der Waals surface area (Å²) >= 11 is 1.42. The number of fused-ring (bicyclic) bond motifs is 3. The summed E-state index contributed by atoms with van der Waals surface area (Å²) in [7, 11) is 0. The van der Waals surface area contributed by atoms with Crippen LogP contribution in [0.25, 0.3) is 10.1 Å². The van der Waals surface area contributed by atoms with Crippen molar-refractivity contribution in [2.45, 2.75) is 44.3 Å². The average molecular weight is 413 g/mol. The van der Waals surface area contributed by atoms with E-state index in [-0.39, 0.29) is 35.8 Å². The second-order valence-corrected chi connectivity index (χ2v) is 8.65. The summed E-state index contributed by atoms with van der Waals surface area (Å²) in [5, 5.41) is 13.1. The van der Waals surface area contributed by atoms with Crippen LogP contribution in [0.5, 0.6) is 0 Å². The number of hydrogen-bond acceptors (Lipinski definition) is 5. The number of carbonyl (C=O) groups excluding carboxylic acids is 3. The molecular weight excluding hydrogens is 388 g/mol. The van der Waals surface area contributed by atoms with Crippen LogP contribution >= 0.6 is 11.3 Å². The zero-order valence-corrected chi connectivity index (χ0v) is 17.0. The van der Waals surface area contributed by atoms with Gasteiger partial charge < -0.3 is 21.3 Å². The molecule has 2 aliphatic rings. The van der Waals surface area contributed by atoms with Crippen LogP contribution in [0.4, 0.5) is 5.69 Å². The molecule has 4 rings (SSSR count). The van der Waals surface area contributed by atoms with Crippen LogP contribution in [0.3, 0.4) is 0 Å². The van der Waals surface area contributed by atoms with Crippen molar-refractivity contribution < 1.29 is 14.4 Å². The van der Waals surface area contributed by atoms with E-state index < -0.39 is 0 Å². The average Bonchev–Trinajstić information content (AvgIpc) is 3.26. The molecule has 0 bridgehead atoms. The molecule has 4 N–H and O–H groups in total. The molecular formula is C21H24N4O3S. The Morgan fingerprint density at radius 2 is 2.00 bits per heavy atom. The highest BCUT2D eigenvalue weighted by Crippen LogP contribution is 2.37. The Morgan fingerprint density at radius 3 is 2.76 bits per heavy atom. The molecule has 3 atom stereocenters. The van der Waals surface area contributed by atoms with Gasteiger partial charge in [-0.2, -0.15) is 0 Å². The topological polar surface area (TPSA) is 99.3 Å². The molecule has 3 amide bonds. The molecule has 2 aromatic rings. The van der Waals surface area contributed by atoms with Crippen molar-refractivity contribution in [3.05, 3.63) is 41.3 Å². The van der Waals surface area contributed by atoms with Gasteiger partial charge in [0, 0.05) is 40.3 Å². The first-order valence-electron chi connectivity index (χ1n) is 9.81. The van der Waals surface area contributed by atoms with E-state index in [0.717, 1.165) is 35.0 Å². The van der Waals surface area contributed by atoms with Crippen molar-refractivity contribution in [2.75, 3.05) is 11.9 Å². The molecule has 0 radical (unpaired) electrons. The summed E-state index contributed by atoms with van der Waals surface area (Å²) < 4.78 is 0.959. The maximum absolute atomic E-state index is 12.9. The fourth-order valence-electron chi connectivity index (χ4n) is 3.97. The highest BCUT2D eigenvalue weighted by molar-refractivity contribution is 7.21. The minimum atomic E-state index is -0.225. The minimum absolute atomic E-state index is 0.0358. The van der Waals surface area contributed by atoms with E-state index in [1.165, 1.54) is 17.4 Å². The molecule has 29 heavy (non-hydrogen) atoms. The first kappa shape index (κ1) is 19.4. The molecule has 1 aromatic carbocycles. The Balaban J connectivity index is 1.56. The van der Waals surface area contributed by atoms with Crippen LogP contribution < -0.4 is 21.3 Å². The van der Waals surface area contributed by atoms with Gasteiger partial charge >= 0.3 is 0 Å². The lowest BCUT2D eigenvalue weighted by Crippen LogP contribution is -2.48. The van der Waals surface area contributed by atoms with E-state index in [4.69, 9.17) is 0 Å². The molecule has 0 unspecified atom stereocenters. The van der Waals surface area contributed by atoms with Crippen molar-refractivity contribution in [1.82, 2.24) is 16.0 Å². The molecule has 0 spiro atoms. The van der Waals surface area contributed by atoms with Crippen LogP contribution in [0.15, 0.2) is 30.9 Å². The third-order valence-corrected chi connectivity index (χ3v) is 6.63. The SMILES string of the molecule is C=CC(=O)N[C@H]1CCC[C@H]1NC(=O)c1ccc2sc3c(c2c1)NC[C@@H](C)NC3=O. The Kier molecular flexibility index (Phi) is 5.27. The monoisotopic (exact) mass is 412 g/mol. The largest absolute Gasteiger partial charge is 0.381 e. The number of rotatable bonds is 4. The predicted molar refractivity (Wildman–Crippen MR) is 114 cm³/mol. The normalized spacial score (nSPS) is 23.5. The number of anilines is 1. The first-order chi connectivity index (χ1) is 14.0. The number of hydrogen-bond donors (Lipinski definition) is 4. The van der Waals surface area contributed by atoms with E-state index in [0.29, 0.717) is 17.0 Å². The molecule has 2 heterocycles. The highest BCUT2D eigenvalue weighted by Gasteiger charge is 2.30. The van der Waals surface area contributed by atoms with E-state index in [1.54, 1.807) is 6.07 Å². The predicted octanol–water partition coefficient (Wildman–Crippen LogP) is 2.40. The van der Waals surface area contributed by atoms with Crippen LogP contribution in [-0.2, 0) is 4.79 Å². The van der Waals surface area contributed by atoms with Crippen molar-refractivity contribution in [2.24, 2.45) is 0 Å². The Morgan fingerprint density at radius 1 is 1.24 bits per heavy atom. The van der Waals surface area contributed by atoms with E-state index >= 15 is 0 Å². The lowest BCUT2D eigenvalue weighted by atomic mass is 10.1. The molecule has 1 fully saturated rings. The molecule has 1 aliphatic carbocycles. The Labute approximate surface area is 172 Å². The maximum Gasteiger partial charge on any atom is 0.263 e. The zero-order valence-electron chi connectivity index (χ0n) is 16.2. The number of carbonyl (C=O) groups is 3. The summed E-state index contributed by atoms with van der Waals surface area (Å²) in [6, 6.07) is 5.34. The van der Waals surface area contributed by atoms with E-state index in [9.17, 15) is 14.4 Å². The van der Waals surface area contributed by atoms with E-state index in [2.05, 4.69) is 27.8 Å². The van der Waals surface area contributed by atoms with Crippen molar-refractivity contribution >= 4 is 44.8 Å². The lowest BCUT2D eigenvalue weighted by molar-refractivity contribution is -0.117. The van der Waals surface area contributed by atoms with Gasteiger partial charge in [-0.3, -0.25) is 14.4 Å². The molecule has 0 saturated heterocycles. The molecule has 1 aliphatic heterocycles. The van der Waals surface area contributed by atoms with Gasteiger partial charge in [0.25, 0.3) is 11.8 Å². The third kappa shape index (κ3) is 3.85. The second-order valence-electron chi connectivity index (χ2n) is 7.60. The van der Waals surface area contributed by atoms with Crippen LogP contribution in [0, 0.1) is 0 Å². The van der Waals surface area contributed by atoms with Gasteiger partial charge in [0.05, 0.1) is 5.69 Å². The summed E-state index contributed by atoms with van der Waals surface area (Å²) in [5.74, 6) is -0.489. The van der Waals surface area contributed by atoms with Gasteiger partial charge in [0.2, 0.25) is 5.91 Å². The Hall–Kier alpha value is -2.87. The van der Waals surface area contributed by atoms with Gasteiger partial charge in [0.15, 0.2) is 0 Å². The highest BCUT2D eigenvalue weighted by atomic mass is 32.1. The lowest BCUT2D eigenvalue weighted by Gasteiger charge is -2.21. The van der Waals surface area contributed by atoms with Crippen LogP contribution in [0.1, 0.15) is 46.2 Å².